The molecule has 2 rings (SSSR count). The highest BCUT2D eigenvalue weighted by Crippen LogP contribution is 2.36. The van der Waals surface area contributed by atoms with Gasteiger partial charge in [-0.15, -0.1) is 0 Å². The molecule has 8 nitrogen and oxygen atoms in total. The van der Waals surface area contributed by atoms with E-state index in [1.165, 1.54) is 32.4 Å². The zero-order valence-corrected chi connectivity index (χ0v) is 23.8. The Hall–Kier alpha value is -1.26. The SMILES string of the molecule is CC1(C)C=[N+](CCC[N+]2=CC(C)(C)CC2(C)C)C(C)(C)C1.O=S(=O)([O-])C(F)(F)F.O=S(=O)([O-])C(F)(F)F. The zero-order chi connectivity index (χ0) is 30.1. The molecular weight excluding hydrogens is 554 g/mol. The fourth-order valence-electron chi connectivity index (χ4n) is 4.86. The lowest BCUT2D eigenvalue weighted by Crippen LogP contribution is -2.36. The molecule has 0 atom stereocenters. The second-order valence-electron chi connectivity index (χ2n) is 11.8. The van der Waals surface area contributed by atoms with Crippen molar-refractivity contribution in [2.24, 2.45) is 10.8 Å². The molecule has 0 fully saturated rings. The molecule has 2 aliphatic heterocycles. The zero-order valence-electron chi connectivity index (χ0n) is 22.1. The number of alkyl halides is 6. The van der Waals surface area contributed by atoms with Crippen molar-refractivity contribution in [1.82, 2.24) is 0 Å². The van der Waals surface area contributed by atoms with E-state index < -0.39 is 31.3 Å². The molecule has 220 valence electrons. The van der Waals surface area contributed by atoms with E-state index in [0.29, 0.717) is 21.9 Å². The van der Waals surface area contributed by atoms with Gasteiger partial charge in [0.1, 0.15) is 25.5 Å². The van der Waals surface area contributed by atoms with E-state index in [2.05, 4.69) is 77.0 Å². The van der Waals surface area contributed by atoms with Crippen LogP contribution in [0.4, 0.5) is 26.3 Å². The minimum Gasteiger partial charge on any atom is -0.741 e. The minimum absolute atomic E-state index is 0.313. The number of hydrogen-bond donors (Lipinski definition) is 0. The van der Waals surface area contributed by atoms with Gasteiger partial charge in [0.05, 0.1) is 6.42 Å². The predicted octanol–water partition coefficient (Wildman–Crippen LogP) is 4.06. The van der Waals surface area contributed by atoms with Crippen molar-refractivity contribution in [2.45, 2.75) is 96.7 Å². The molecule has 0 aromatic carbocycles. The largest absolute Gasteiger partial charge is 0.741 e. The Morgan fingerprint density at radius 3 is 1.00 bits per heavy atom. The monoisotopic (exact) mass is 590 g/mol. The molecule has 0 bridgehead atoms. The average molecular weight is 591 g/mol. The van der Waals surface area contributed by atoms with Crippen LogP contribution in [0.1, 0.15) is 74.7 Å². The highest BCUT2D eigenvalue weighted by atomic mass is 32.2. The Bertz CT molecular complexity index is 1000. The molecule has 0 spiro atoms. The second-order valence-corrected chi connectivity index (χ2v) is 14.5. The summed E-state index contributed by atoms with van der Waals surface area (Å²) >= 11 is 0. The minimum atomic E-state index is -6.09. The smallest absolute Gasteiger partial charge is 0.485 e. The van der Waals surface area contributed by atoms with Crippen molar-refractivity contribution in [3.63, 3.8) is 0 Å². The van der Waals surface area contributed by atoms with Crippen molar-refractivity contribution in [3.8, 4) is 0 Å². The topological polar surface area (TPSA) is 120 Å². The quantitative estimate of drug-likeness (QED) is 0.211. The van der Waals surface area contributed by atoms with Gasteiger partial charge in [-0.1, -0.05) is 27.7 Å². The number of halogens is 6. The lowest BCUT2D eigenvalue weighted by Gasteiger charge is -2.20. The van der Waals surface area contributed by atoms with Crippen LogP contribution < -0.4 is 0 Å². The number of rotatable bonds is 4. The number of nitrogens with zero attached hydrogens (tertiary/aromatic N) is 2. The molecule has 0 aromatic rings. The third-order valence-corrected chi connectivity index (χ3v) is 6.84. The van der Waals surface area contributed by atoms with E-state index in [1.54, 1.807) is 0 Å². The van der Waals surface area contributed by atoms with Crippen LogP contribution in [0.25, 0.3) is 0 Å². The van der Waals surface area contributed by atoms with Gasteiger partial charge in [-0.2, -0.15) is 26.3 Å². The molecule has 0 saturated heterocycles. The van der Waals surface area contributed by atoms with E-state index in [9.17, 15) is 26.3 Å². The molecule has 37 heavy (non-hydrogen) atoms. The molecule has 0 aliphatic carbocycles. The van der Waals surface area contributed by atoms with Gasteiger partial charge in [-0.25, -0.2) is 26.0 Å². The van der Waals surface area contributed by atoms with Crippen LogP contribution in [-0.4, -0.2) is 82.7 Å². The highest BCUT2D eigenvalue weighted by Gasteiger charge is 2.46. The van der Waals surface area contributed by atoms with Gasteiger partial charge < -0.3 is 9.11 Å². The Labute approximate surface area is 214 Å². The van der Waals surface area contributed by atoms with Crippen LogP contribution in [0.5, 0.6) is 0 Å². The summed E-state index contributed by atoms with van der Waals surface area (Å²) in [5, 5.41) is 0. The summed E-state index contributed by atoms with van der Waals surface area (Å²) in [5.74, 6) is 0. The lowest BCUT2D eigenvalue weighted by atomic mass is 9.85. The van der Waals surface area contributed by atoms with E-state index in [0.717, 1.165) is 0 Å². The van der Waals surface area contributed by atoms with Crippen molar-refractivity contribution in [1.29, 1.82) is 0 Å². The Balaban J connectivity index is 0.000000669. The maximum absolute atomic E-state index is 10.7. The maximum atomic E-state index is 10.7. The normalized spacial score (nSPS) is 22.2. The van der Waals surface area contributed by atoms with Crippen LogP contribution in [0.15, 0.2) is 0 Å². The molecule has 0 radical (unpaired) electrons. The maximum Gasteiger partial charge on any atom is 0.485 e. The first kappa shape index (κ1) is 35.7. The van der Waals surface area contributed by atoms with Crippen molar-refractivity contribution < 1.29 is 61.4 Å². The Kier molecular flexibility index (Phi) is 10.7. The second kappa shape index (κ2) is 11.1. The van der Waals surface area contributed by atoms with Crippen molar-refractivity contribution in [3.05, 3.63) is 0 Å². The van der Waals surface area contributed by atoms with Crippen LogP contribution in [0, 0.1) is 10.8 Å². The third kappa shape index (κ3) is 11.6. The standard InChI is InChI=1S/C19H36N2.2CHF3O3S/c1-16(2)12-18(5,6)20(14-16)10-9-11-21-15-17(3,4)13-19(21,7)8;2*2-1(3,4)8(5,6)7/h14-15H,9-13H2,1-8H3;2*(H,5,6,7)/q+2;;/p-2. The Morgan fingerprint density at radius 2 is 0.865 bits per heavy atom. The molecule has 0 aromatic heterocycles. The van der Waals surface area contributed by atoms with Crippen LogP contribution >= 0.6 is 0 Å². The summed E-state index contributed by atoms with van der Waals surface area (Å²) < 4.78 is 123. The first-order valence-electron chi connectivity index (χ1n) is 11.1. The summed E-state index contributed by atoms with van der Waals surface area (Å²) in [6.45, 7) is 21.3. The van der Waals surface area contributed by atoms with Crippen molar-refractivity contribution in [2.75, 3.05) is 13.1 Å². The van der Waals surface area contributed by atoms with Gasteiger partial charge >= 0.3 is 11.0 Å². The first-order chi connectivity index (χ1) is 15.8. The van der Waals surface area contributed by atoms with Crippen molar-refractivity contribution >= 4 is 32.7 Å². The summed E-state index contributed by atoms with van der Waals surface area (Å²) in [4.78, 5) is 0. The van der Waals surface area contributed by atoms with Gasteiger partial charge in [-0.05, 0) is 27.7 Å². The van der Waals surface area contributed by atoms with E-state index in [1.807, 2.05) is 0 Å². The van der Waals surface area contributed by atoms with Gasteiger partial charge in [0.15, 0.2) is 31.3 Å². The molecule has 0 N–H and O–H groups in total. The molecule has 0 amide bonds. The molecule has 0 saturated carbocycles. The fourth-order valence-corrected chi connectivity index (χ4v) is 4.86. The summed E-state index contributed by atoms with van der Waals surface area (Å²) in [7, 11) is -12.2. The highest BCUT2D eigenvalue weighted by molar-refractivity contribution is 7.86. The molecule has 2 heterocycles. The van der Waals surface area contributed by atoms with Gasteiger partial charge in [0.25, 0.3) is 0 Å². The average Bonchev–Trinajstić information content (AvgIpc) is 2.89. The van der Waals surface area contributed by atoms with Crippen LogP contribution in [-0.2, 0) is 20.2 Å². The van der Waals surface area contributed by atoms with Crippen LogP contribution in [0.2, 0.25) is 0 Å². The number of hydrogen-bond acceptors (Lipinski definition) is 6. The molecule has 0 unspecified atom stereocenters. The predicted molar refractivity (Wildman–Crippen MR) is 123 cm³/mol. The van der Waals surface area contributed by atoms with Gasteiger partial charge in [0, 0.05) is 23.7 Å². The summed E-state index contributed by atoms with van der Waals surface area (Å²) in [6, 6.07) is 0. The van der Waals surface area contributed by atoms with E-state index in [-0.39, 0.29) is 0 Å². The fraction of sp³-hybridized carbons (Fsp3) is 0.905. The Morgan fingerprint density at radius 1 is 0.649 bits per heavy atom. The lowest BCUT2D eigenvalue weighted by molar-refractivity contribution is -0.614. The first-order valence-corrected chi connectivity index (χ1v) is 13.9. The third-order valence-electron chi connectivity index (χ3n) is 5.71. The van der Waals surface area contributed by atoms with E-state index >= 15 is 0 Å². The van der Waals surface area contributed by atoms with Gasteiger partial charge in [0.2, 0.25) is 0 Å². The van der Waals surface area contributed by atoms with E-state index in [4.69, 9.17) is 25.9 Å². The molecule has 16 heteroatoms. The summed E-state index contributed by atoms with van der Waals surface area (Å²) in [6.07, 6.45) is 8.69. The van der Waals surface area contributed by atoms with Gasteiger partial charge in [-0.3, -0.25) is 0 Å². The summed E-state index contributed by atoms with van der Waals surface area (Å²) in [5.41, 5.74) is -9.96. The van der Waals surface area contributed by atoms with Crippen LogP contribution in [0.3, 0.4) is 0 Å². The molecular formula is C21H36F6N2O6S2. The molecule has 2 aliphatic rings.